The van der Waals surface area contributed by atoms with Crippen molar-refractivity contribution >= 4 is 32.7 Å². The number of amides is 1. The molecule has 0 bridgehead atoms. The minimum absolute atomic E-state index is 0.0136. The van der Waals surface area contributed by atoms with Crippen LogP contribution in [0.5, 0.6) is 0 Å². The molecule has 5 nitrogen and oxygen atoms in total. The quantitative estimate of drug-likeness (QED) is 0.838. The van der Waals surface area contributed by atoms with Crippen molar-refractivity contribution in [3.8, 4) is 0 Å². The minimum Gasteiger partial charge on any atom is -0.352 e. The minimum atomic E-state index is -0.207. The number of carbonyl (C=O) groups is 1. The van der Waals surface area contributed by atoms with E-state index in [9.17, 15) is 9.59 Å². The second kappa shape index (κ2) is 7.73. The first-order valence-electron chi connectivity index (χ1n) is 7.81. The van der Waals surface area contributed by atoms with Gasteiger partial charge in [0, 0.05) is 10.5 Å². The van der Waals surface area contributed by atoms with Crippen LogP contribution in [0.3, 0.4) is 0 Å². The van der Waals surface area contributed by atoms with E-state index in [-0.39, 0.29) is 24.1 Å². The van der Waals surface area contributed by atoms with Crippen LogP contribution in [-0.4, -0.2) is 21.5 Å². The van der Waals surface area contributed by atoms with Crippen molar-refractivity contribution < 1.29 is 4.79 Å². The van der Waals surface area contributed by atoms with Gasteiger partial charge >= 0.3 is 0 Å². The van der Waals surface area contributed by atoms with Crippen molar-refractivity contribution in [2.45, 2.75) is 46.2 Å². The van der Waals surface area contributed by atoms with E-state index in [1.54, 1.807) is 12.1 Å². The highest BCUT2D eigenvalue weighted by molar-refractivity contribution is 9.10. The predicted octanol–water partition coefficient (Wildman–Crippen LogP) is 3.10. The van der Waals surface area contributed by atoms with Crippen molar-refractivity contribution in [2.75, 3.05) is 0 Å². The molecule has 0 aliphatic rings. The summed E-state index contributed by atoms with van der Waals surface area (Å²) in [6.07, 6.45) is 3.42. The average Bonchev–Trinajstić information content (AvgIpc) is 2.48. The van der Waals surface area contributed by atoms with Crippen molar-refractivity contribution in [3.05, 3.63) is 39.4 Å². The molecule has 1 amide bonds. The lowest BCUT2D eigenvalue weighted by Gasteiger charge is -2.15. The third kappa shape index (κ3) is 4.89. The number of rotatable bonds is 6. The molecule has 0 aliphatic carbocycles. The van der Waals surface area contributed by atoms with Gasteiger partial charge in [-0.2, -0.15) is 0 Å². The second-order valence-corrected chi connectivity index (χ2v) is 7.19. The largest absolute Gasteiger partial charge is 0.352 e. The summed E-state index contributed by atoms with van der Waals surface area (Å²) < 4.78 is 2.16. The molecule has 0 saturated heterocycles. The summed E-state index contributed by atoms with van der Waals surface area (Å²) in [7, 11) is 0. The average molecular weight is 380 g/mol. The summed E-state index contributed by atoms with van der Waals surface area (Å²) in [4.78, 5) is 28.8. The molecular weight excluding hydrogens is 358 g/mol. The SMILES string of the molecule is CC(C)CCC(C)NC(=O)Cn1cnc2ccc(Br)cc2c1=O. The maximum Gasteiger partial charge on any atom is 0.261 e. The Labute approximate surface area is 144 Å². The first kappa shape index (κ1) is 17.7. The van der Waals surface area contributed by atoms with Crippen LogP contribution in [0.25, 0.3) is 10.9 Å². The molecule has 0 fully saturated rings. The molecule has 124 valence electrons. The zero-order chi connectivity index (χ0) is 17.0. The number of nitrogens with one attached hydrogen (secondary N) is 1. The highest BCUT2D eigenvalue weighted by Crippen LogP contribution is 2.14. The van der Waals surface area contributed by atoms with Gasteiger partial charge in [0.25, 0.3) is 5.56 Å². The van der Waals surface area contributed by atoms with Gasteiger partial charge in [0.05, 0.1) is 17.2 Å². The monoisotopic (exact) mass is 379 g/mol. The number of hydrogen-bond acceptors (Lipinski definition) is 3. The van der Waals surface area contributed by atoms with Crippen LogP contribution in [0.1, 0.15) is 33.6 Å². The Kier molecular flexibility index (Phi) is 5.93. The molecule has 1 aromatic carbocycles. The van der Waals surface area contributed by atoms with Crippen LogP contribution in [0.4, 0.5) is 0 Å². The highest BCUT2D eigenvalue weighted by Gasteiger charge is 2.11. The van der Waals surface area contributed by atoms with Gasteiger partial charge in [-0.25, -0.2) is 4.98 Å². The summed E-state index contributed by atoms with van der Waals surface area (Å²) in [5.41, 5.74) is 0.418. The van der Waals surface area contributed by atoms with Crippen molar-refractivity contribution in [1.29, 1.82) is 0 Å². The van der Waals surface area contributed by atoms with Crippen LogP contribution in [-0.2, 0) is 11.3 Å². The van der Waals surface area contributed by atoms with Gasteiger partial charge in [-0.1, -0.05) is 29.8 Å². The molecule has 1 N–H and O–H groups in total. The van der Waals surface area contributed by atoms with Gasteiger partial charge in [-0.05, 0) is 43.9 Å². The molecule has 1 aromatic heterocycles. The third-order valence-electron chi connectivity index (χ3n) is 3.68. The van der Waals surface area contributed by atoms with E-state index in [0.29, 0.717) is 16.8 Å². The molecule has 6 heteroatoms. The van der Waals surface area contributed by atoms with Gasteiger partial charge in [0.15, 0.2) is 0 Å². The van der Waals surface area contributed by atoms with Crippen LogP contribution < -0.4 is 10.9 Å². The van der Waals surface area contributed by atoms with Crippen LogP contribution >= 0.6 is 15.9 Å². The molecule has 0 aliphatic heterocycles. The standard InChI is InChI=1S/C17H22BrN3O2/c1-11(2)4-5-12(3)20-16(22)9-21-10-19-15-7-6-13(18)8-14(15)17(21)23/h6-8,10-12H,4-5,9H2,1-3H3,(H,20,22). The van der Waals surface area contributed by atoms with Crippen LogP contribution in [0.15, 0.2) is 33.8 Å². The molecule has 1 unspecified atom stereocenters. The van der Waals surface area contributed by atoms with E-state index in [4.69, 9.17) is 0 Å². The molecule has 0 spiro atoms. The molecule has 1 atom stereocenters. The molecular formula is C17H22BrN3O2. The maximum atomic E-state index is 12.4. The van der Waals surface area contributed by atoms with Crippen molar-refractivity contribution in [1.82, 2.24) is 14.9 Å². The number of nitrogens with zero attached hydrogens (tertiary/aromatic N) is 2. The van der Waals surface area contributed by atoms with E-state index in [1.165, 1.54) is 10.9 Å². The van der Waals surface area contributed by atoms with E-state index < -0.39 is 0 Å². The zero-order valence-electron chi connectivity index (χ0n) is 13.7. The first-order valence-corrected chi connectivity index (χ1v) is 8.60. The number of carbonyl (C=O) groups excluding carboxylic acids is 1. The Bertz CT molecular complexity index is 755. The number of halogens is 1. The lowest BCUT2D eigenvalue weighted by molar-refractivity contribution is -0.122. The second-order valence-electron chi connectivity index (χ2n) is 6.28. The van der Waals surface area contributed by atoms with Gasteiger partial charge in [-0.15, -0.1) is 0 Å². The topological polar surface area (TPSA) is 64.0 Å². The fourth-order valence-electron chi connectivity index (χ4n) is 2.37. The Morgan fingerprint density at radius 2 is 2.04 bits per heavy atom. The van der Waals surface area contributed by atoms with Gasteiger partial charge in [0.1, 0.15) is 6.54 Å². The fraction of sp³-hybridized carbons (Fsp3) is 0.471. The van der Waals surface area contributed by atoms with E-state index in [0.717, 1.165) is 17.3 Å². The first-order chi connectivity index (χ1) is 10.9. The van der Waals surface area contributed by atoms with Crippen molar-refractivity contribution in [3.63, 3.8) is 0 Å². The fourth-order valence-corrected chi connectivity index (χ4v) is 2.74. The van der Waals surface area contributed by atoms with Gasteiger partial charge < -0.3 is 5.32 Å². The van der Waals surface area contributed by atoms with Gasteiger partial charge in [-0.3, -0.25) is 14.2 Å². The Morgan fingerprint density at radius 3 is 2.74 bits per heavy atom. The highest BCUT2D eigenvalue weighted by atomic mass is 79.9. The van der Waals surface area contributed by atoms with E-state index in [2.05, 4.69) is 40.1 Å². The summed E-state index contributed by atoms with van der Waals surface area (Å²) in [6, 6.07) is 5.44. The predicted molar refractivity (Wildman–Crippen MR) is 95.4 cm³/mol. The lowest BCUT2D eigenvalue weighted by Crippen LogP contribution is -2.37. The molecule has 1 heterocycles. The molecule has 23 heavy (non-hydrogen) atoms. The number of fused-ring (bicyclic) bond motifs is 1. The molecule has 2 aromatic rings. The lowest BCUT2D eigenvalue weighted by atomic mass is 10.0. The molecule has 2 rings (SSSR count). The van der Waals surface area contributed by atoms with Crippen molar-refractivity contribution in [2.24, 2.45) is 5.92 Å². The van der Waals surface area contributed by atoms with E-state index >= 15 is 0 Å². The van der Waals surface area contributed by atoms with Crippen LogP contribution in [0.2, 0.25) is 0 Å². The summed E-state index contributed by atoms with van der Waals surface area (Å²) >= 11 is 3.35. The summed E-state index contributed by atoms with van der Waals surface area (Å²) in [6.45, 7) is 6.29. The third-order valence-corrected chi connectivity index (χ3v) is 4.18. The smallest absolute Gasteiger partial charge is 0.261 e. The zero-order valence-corrected chi connectivity index (χ0v) is 15.3. The van der Waals surface area contributed by atoms with Crippen LogP contribution in [0, 0.1) is 5.92 Å². The van der Waals surface area contributed by atoms with E-state index in [1.807, 2.05) is 13.0 Å². The number of benzene rings is 1. The number of aromatic nitrogens is 2. The number of hydrogen-bond donors (Lipinski definition) is 1. The Balaban J connectivity index is 2.08. The van der Waals surface area contributed by atoms with Gasteiger partial charge in [0.2, 0.25) is 5.91 Å². The normalized spacial score (nSPS) is 12.6. The molecule has 0 radical (unpaired) electrons. The maximum absolute atomic E-state index is 12.4. The Morgan fingerprint density at radius 1 is 1.30 bits per heavy atom. The Hall–Kier alpha value is -1.69. The summed E-state index contributed by atoms with van der Waals surface area (Å²) in [5, 5.41) is 3.44. The molecule has 0 saturated carbocycles. The summed E-state index contributed by atoms with van der Waals surface area (Å²) in [5.74, 6) is 0.444.